The number of aryl methyl sites for hydroxylation is 1. The molecule has 0 radical (unpaired) electrons. The topological polar surface area (TPSA) is 50.8 Å². The van der Waals surface area contributed by atoms with E-state index in [2.05, 4.69) is 5.10 Å². The molecule has 0 fully saturated rings. The van der Waals surface area contributed by atoms with Crippen molar-refractivity contribution in [1.82, 2.24) is 9.78 Å². The van der Waals surface area contributed by atoms with Crippen LogP contribution in [0.5, 0.6) is 0 Å². The summed E-state index contributed by atoms with van der Waals surface area (Å²) in [6, 6.07) is 6.89. The maximum atomic E-state index is 14.1. The molecule has 110 valence electrons. The fourth-order valence-corrected chi connectivity index (χ4v) is 2.09. The van der Waals surface area contributed by atoms with Gasteiger partial charge >= 0.3 is 0 Å². The molecule has 0 bridgehead atoms. The summed E-state index contributed by atoms with van der Waals surface area (Å²) in [5.74, 6) is -0.323. The van der Waals surface area contributed by atoms with Gasteiger partial charge in [0, 0.05) is 37.1 Å². The number of aromatic nitrogens is 2. The van der Waals surface area contributed by atoms with Crippen LogP contribution >= 0.6 is 0 Å². The van der Waals surface area contributed by atoms with Gasteiger partial charge in [0.1, 0.15) is 5.82 Å². The van der Waals surface area contributed by atoms with Crippen LogP contribution in [0.15, 0.2) is 30.6 Å². The van der Waals surface area contributed by atoms with Gasteiger partial charge < -0.3 is 4.74 Å². The lowest BCUT2D eigenvalue weighted by Crippen LogP contribution is -2.02. The Bertz CT molecular complexity index is 631. The molecule has 0 atom stereocenters. The molecule has 0 N–H and O–H groups in total. The molecule has 1 aromatic carbocycles. The highest BCUT2D eigenvalue weighted by molar-refractivity contribution is 5.62. The van der Waals surface area contributed by atoms with E-state index >= 15 is 0 Å². The smallest absolute Gasteiger partial charge is 0.131 e. The van der Waals surface area contributed by atoms with Crippen LogP contribution in [0, 0.1) is 17.1 Å². The van der Waals surface area contributed by atoms with Gasteiger partial charge in [0.2, 0.25) is 0 Å². The van der Waals surface area contributed by atoms with E-state index in [4.69, 9.17) is 10.00 Å². The second-order valence-electron chi connectivity index (χ2n) is 4.69. The number of ether oxygens (including phenoxy) is 1. The summed E-state index contributed by atoms with van der Waals surface area (Å²) in [4.78, 5) is 0. The van der Waals surface area contributed by atoms with E-state index < -0.39 is 0 Å². The number of nitrogens with zero attached hydrogens (tertiary/aromatic N) is 3. The Balaban J connectivity index is 2.05. The van der Waals surface area contributed by atoms with Crippen molar-refractivity contribution in [2.75, 3.05) is 13.2 Å². The van der Waals surface area contributed by atoms with Gasteiger partial charge in [-0.3, -0.25) is 4.68 Å². The Morgan fingerprint density at radius 2 is 2.29 bits per heavy atom. The van der Waals surface area contributed by atoms with Gasteiger partial charge in [0.25, 0.3) is 0 Å². The minimum Gasteiger partial charge on any atom is -0.382 e. The number of rotatable bonds is 7. The largest absolute Gasteiger partial charge is 0.382 e. The predicted molar refractivity (Wildman–Crippen MR) is 78.0 cm³/mol. The molecular weight excluding hydrogens is 269 g/mol. The van der Waals surface area contributed by atoms with E-state index in [-0.39, 0.29) is 12.2 Å². The molecule has 0 aliphatic heterocycles. The summed E-state index contributed by atoms with van der Waals surface area (Å²) in [6.45, 7) is 4.12. The monoisotopic (exact) mass is 287 g/mol. The maximum absolute atomic E-state index is 14.1. The highest BCUT2D eigenvalue weighted by Gasteiger charge is 2.08. The fourth-order valence-electron chi connectivity index (χ4n) is 2.09. The number of halogens is 1. The Morgan fingerprint density at radius 1 is 1.43 bits per heavy atom. The molecule has 1 aromatic heterocycles. The van der Waals surface area contributed by atoms with Crippen LogP contribution in [0.1, 0.15) is 18.9 Å². The van der Waals surface area contributed by atoms with Crippen LogP contribution < -0.4 is 0 Å². The molecule has 4 nitrogen and oxygen atoms in total. The van der Waals surface area contributed by atoms with Crippen LogP contribution in [-0.2, 0) is 17.7 Å². The third-order valence-electron chi connectivity index (χ3n) is 3.14. The summed E-state index contributed by atoms with van der Waals surface area (Å²) in [7, 11) is 0. The van der Waals surface area contributed by atoms with Gasteiger partial charge in [-0.15, -0.1) is 0 Å². The number of benzene rings is 1. The van der Waals surface area contributed by atoms with E-state index in [1.807, 2.05) is 19.2 Å². The molecule has 0 amide bonds. The number of nitriles is 1. The molecule has 1 heterocycles. The standard InChI is InChI=1S/C16H18FN3O/c1-2-21-9-3-8-20-12-14(11-19-20)15-5-4-13(6-7-18)10-16(15)17/h4-5,10-12H,2-3,6,8-9H2,1H3. The van der Waals surface area contributed by atoms with Gasteiger partial charge in [-0.25, -0.2) is 4.39 Å². The van der Waals surface area contributed by atoms with Crippen molar-refractivity contribution in [3.8, 4) is 17.2 Å². The van der Waals surface area contributed by atoms with Crippen LogP contribution in [0.2, 0.25) is 0 Å². The van der Waals surface area contributed by atoms with Gasteiger partial charge in [-0.2, -0.15) is 10.4 Å². The van der Waals surface area contributed by atoms with Crippen molar-refractivity contribution >= 4 is 0 Å². The molecule has 5 heteroatoms. The van der Waals surface area contributed by atoms with Crippen molar-refractivity contribution in [3.05, 3.63) is 42.0 Å². The number of hydrogen-bond acceptors (Lipinski definition) is 3. The summed E-state index contributed by atoms with van der Waals surface area (Å²) in [5, 5.41) is 12.9. The highest BCUT2D eigenvalue weighted by Crippen LogP contribution is 2.23. The van der Waals surface area contributed by atoms with Crippen LogP contribution in [0.4, 0.5) is 4.39 Å². The lowest BCUT2D eigenvalue weighted by atomic mass is 10.1. The molecule has 2 aromatic rings. The summed E-state index contributed by atoms with van der Waals surface area (Å²) in [5.41, 5.74) is 1.93. The highest BCUT2D eigenvalue weighted by atomic mass is 19.1. The first-order valence-electron chi connectivity index (χ1n) is 7.00. The average molecular weight is 287 g/mol. The van der Waals surface area contributed by atoms with E-state index in [1.165, 1.54) is 6.07 Å². The molecule has 2 rings (SSSR count). The Morgan fingerprint density at radius 3 is 3.00 bits per heavy atom. The van der Waals surface area contributed by atoms with Crippen molar-refractivity contribution < 1.29 is 9.13 Å². The fraction of sp³-hybridized carbons (Fsp3) is 0.375. The first-order valence-corrected chi connectivity index (χ1v) is 7.00. The quantitative estimate of drug-likeness (QED) is 0.735. The second kappa shape index (κ2) is 7.55. The minimum absolute atomic E-state index is 0.216. The molecule has 0 aliphatic rings. The lowest BCUT2D eigenvalue weighted by Gasteiger charge is -2.03. The zero-order valence-corrected chi connectivity index (χ0v) is 12.1. The van der Waals surface area contributed by atoms with Gasteiger partial charge in [0.15, 0.2) is 0 Å². The Kier molecular flexibility index (Phi) is 5.47. The third kappa shape index (κ3) is 4.14. The van der Waals surface area contributed by atoms with Crippen molar-refractivity contribution in [1.29, 1.82) is 5.26 Å². The van der Waals surface area contributed by atoms with Crippen molar-refractivity contribution in [2.45, 2.75) is 26.3 Å². The van der Waals surface area contributed by atoms with Gasteiger partial charge in [0.05, 0.1) is 18.7 Å². The van der Waals surface area contributed by atoms with E-state index in [9.17, 15) is 4.39 Å². The third-order valence-corrected chi connectivity index (χ3v) is 3.14. The zero-order chi connectivity index (χ0) is 15.1. The van der Waals surface area contributed by atoms with Gasteiger partial charge in [-0.1, -0.05) is 12.1 Å². The zero-order valence-electron chi connectivity index (χ0n) is 12.1. The molecule has 0 saturated heterocycles. The first-order chi connectivity index (χ1) is 10.2. The summed E-state index contributed by atoms with van der Waals surface area (Å²) in [6.07, 6.45) is 4.57. The lowest BCUT2D eigenvalue weighted by molar-refractivity contribution is 0.141. The van der Waals surface area contributed by atoms with Crippen LogP contribution in [-0.4, -0.2) is 23.0 Å². The van der Waals surface area contributed by atoms with E-state index in [0.717, 1.165) is 18.5 Å². The average Bonchev–Trinajstić information content (AvgIpc) is 2.93. The normalized spacial score (nSPS) is 10.5. The summed E-state index contributed by atoms with van der Waals surface area (Å²) < 4.78 is 21.1. The minimum atomic E-state index is -0.323. The molecular formula is C16H18FN3O. The van der Waals surface area contributed by atoms with Crippen molar-refractivity contribution in [3.63, 3.8) is 0 Å². The van der Waals surface area contributed by atoms with Crippen LogP contribution in [0.25, 0.3) is 11.1 Å². The molecule has 0 aliphatic carbocycles. The van der Waals surface area contributed by atoms with Crippen LogP contribution in [0.3, 0.4) is 0 Å². The van der Waals surface area contributed by atoms with E-state index in [1.54, 1.807) is 23.0 Å². The second-order valence-corrected chi connectivity index (χ2v) is 4.69. The predicted octanol–water partition coefficient (Wildman–Crippen LogP) is 3.18. The van der Waals surface area contributed by atoms with Gasteiger partial charge in [-0.05, 0) is 25.0 Å². The number of hydrogen-bond donors (Lipinski definition) is 0. The first kappa shape index (κ1) is 15.2. The molecule has 21 heavy (non-hydrogen) atoms. The Hall–Kier alpha value is -2.19. The summed E-state index contributed by atoms with van der Waals surface area (Å²) >= 11 is 0. The molecule has 0 spiro atoms. The van der Waals surface area contributed by atoms with E-state index in [0.29, 0.717) is 24.3 Å². The maximum Gasteiger partial charge on any atom is 0.131 e. The molecule has 0 unspecified atom stereocenters. The Labute approximate surface area is 123 Å². The molecule has 0 saturated carbocycles. The van der Waals surface area contributed by atoms with Crippen molar-refractivity contribution in [2.24, 2.45) is 0 Å². The SMILES string of the molecule is CCOCCCn1cc(-c2ccc(CC#N)cc2F)cn1.